The van der Waals surface area contributed by atoms with Gasteiger partial charge in [0.05, 0.1) is 9.95 Å². The molecule has 0 spiro atoms. The van der Waals surface area contributed by atoms with E-state index in [0.29, 0.717) is 0 Å². The highest BCUT2D eigenvalue weighted by atomic mass is 35.5. The van der Waals surface area contributed by atoms with Crippen LogP contribution in [-0.4, -0.2) is 18.1 Å². The Kier molecular flexibility index (Phi) is 3.46. The molecule has 0 unspecified atom stereocenters. The first-order valence-corrected chi connectivity index (χ1v) is 4.26. The molecule has 0 bridgehead atoms. The number of nitro benzene ring substituents is 1. The van der Waals surface area contributed by atoms with E-state index >= 15 is 0 Å². The molecule has 0 radical (unpaired) electrons. The lowest BCUT2D eigenvalue weighted by Crippen LogP contribution is -2.22. The minimum Gasteiger partial charge on any atom is -0.409 e. The topological polar surface area (TPSA) is 81.5 Å². The highest BCUT2D eigenvalue weighted by Crippen LogP contribution is 2.28. The molecule has 0 saturated carbocycles. The smallest absolute Gasteiger partial charge is 0.409 e. The number of non-ortho nitro benzene ring substituents is 1. The molecule has 1 rings (SSSR count). The van der Waals surface area contributed by atoms with Gasteiger partial charge in [-0.2, -0.15) is 0 Å². The van der Waals surface area contributed by atoms with Gasteiger partial charge in [-0.25, -0.2) is 4.79 Å². The van der Waals surface area contributed by atoms with Crippen LogP contribution in [0.2, 0.25) is 5.02 Å². The van der Waals surface area contributed by atoms with Crippen LogP contribution >= 0.6 is 11.6 Å². The zero-order valence-corrected chi connectivity index (χ0v) is 8.45. The van der Waals surface area contributed by atoms with Crippen LogP contribution < -0.4 is 10.1 Å². The highest BCUT2D eigenvalue weighted by molar-refractivity contribution is 6.32. The maximum absolute atomic E-state index is 10.8. The summed E-state index contributed by atoms with van der Waals surface area (Å²) in [5.41, 5.74) is -0.163. The molecule has 0 aliphatic rings. The van der Waals surface area contributed by atoms with Crippen LogP contribution in [0.3, 0.4) is 0 Å². The molecule has 6 nitrogen and oxygen atoms in total. The van der Waals surface area contributed by atoms with Gasteiger partial charge in [-0.15, -0.1) is 0 Å². The molecule has 0 fully saturated rings. The van der Waals surface area contributed by atoms with E-state index in [-0.39, 0.29) is 16.5 Å². The Hall–Kier alpha value is -1.82. The second-order valence-corrected chi connectivity index (χ2v) is 2.92. The lowest BCUT2D eigenvalue weighted by atomic mass is 10.3. The van der Waals surface area contributed by atoms with E-state index in [2.05, 4.69) is 5.32 Å². The second-order valence-electron chi connectivity index (χ2n) is 2.51. The summed E-state index contributed by atoms with van der Waals surface area (Å²) in [5, 5.41) is 12.6. The fourth-order valence-electron chi connectivity index (χ4n) is 0.837. The zero-order chi connectivity index (χ0) is 11.4. The number of nitrogens with one attached hydrogen (secondary N) is 1. The lowest BCUT2D eigenvalue weighted by molar-refractivity contribution is -0.384. The van der Waals surface area contributed by atoms with E-state index in [0.717, 1.165) is 6.07 Å². The fraction of sp³-hybridized carbons (Fsp3) is 0.125. The van der Waals surface area contributed by atoms with Gasteiger partial charge < -0.3 is 10.1 Å². The molecule has 15 heavy (non-hydrogen) atoms. The molecule has 0 atom stereocenters. The van der Waals surface area contributed by atoms with Crippen molar-refractivity contribution in [3.05, 3.63) is 33.3 Å². The van der Waals surface area contributed by atoms with Crippen molar-refractivity contribution in [2.45, 2.75) is 0 Å². The summed E-state index contributed by atoms with van der Waals surface area (Å²) in [7, 11) is 1.39. The molecule has 0 aliphatic heterocycles. The van der Waals surface area contributed by atoms with Gasteiger partial charge in [0, 0.05) is 19.2 Å². The third kappa shape index (κ3) is 2.81. The number of nitro groups is 1. The van der Waals surface area contributed by atoms with E-state index in [4.69, 9.17) is 16.3 Å². The summed E-state index contributed by atoms with van der Waals surface area (Å²) in [6.07, 6.45) is -0.689. The number of hydrogen-bond donors (Lipinski definition) is 1. The van der Waals surface area contributed by atoms with Crippen LogP contribution in [0.25, 0.3) is 0 Å². The molecule has 0 heterocycles. The van der Waals surface area contributed by atoms with Crippen molar-refractivity contribution >= 4 is 23.4 Å². The van der Waals surface area contributed by atoms with Crippen molar-refractivity contribution in [1.29, 1.82) is 0 Å². The van der Waals surface area contributed by atoms with Crippen LogP contribution in [0.5, 0.6) is 5.75 Å². The molecular formula is C8H7ClN2O4. The molecule has 1 aromatic carbocycles. The third-order valence-electron chi connectivity index (χ3n) is 1.53. The number of hydrogen-bond acceptors (Lipinski definition) is 4. The van der Waals surface area contributed by atoms with Crippen molar-refractivity contribution in [1.82, 2.24) is 5.32 Å². The molecule has 0 aromatic heterocycles. The van der Waals surface area contributed by atoms with E-state index in [9.17, 15) is 14.9 Å². The lowest BCUT2D eigenvalue weighted by Gasteiger charge is -2.04. The summed E-state index contributed by atoms with van der Waals surface area (Å²) >= 11 is 5.67. The SMILES string of the molecule is CNC(=O)Oc1ccc([N+](=O)[O-])cc1Cl. The summed E-state index contributed by atoms with van der Waals surface area (Å²) in [5.74, 6) is 0.0709. The van der Waals surface area contributed by atoms with Crippen molar-refractivity contribution in [3.8, 4) is 5.75 Å². The quantitative estimate of drug-likeness (QED) is 0.622. The number of amides is 1. The van der Waals surface area contributed by atoms with E-state index in [1.807, 2.05) is 0 Å². The number of carbonyl (C=O) groups excluding carboxylic acids is 1. The van der Waals surface area contributed by atoms with E-state index in [1.54, 1.807) is 0 Å². The Balaban J connectivity index is 2.93. The first-order chi connectivity index (χ1) is 7.04. The summed E-state index contributed by atoms with van der Waals surface area (Å²) in [6, 6.07) is 3.57. The molecule has 7 heteroatoms. The Morgan fingerprint density at radius 1 is 1.60 bits per heavy atom. The van der Waals surface area contributed by atoms with E-state index < -0.39 is 11.0 Å². The van der Waals surface area contributed by atoms with Gasteiger partial charge in [-0.1, -0.05) is 11.6 Å². The van der Waals surface area contributed by atoms with Crippen LogP contribution in [0.15, 0.2) is 18.2 Å². The van der Waals surface area contributed by atoms with Crippen LogP contribution in [0.4, 0.5) is 10.5 Å². The van der Waals surface area contributed by atoms with Gasteiger partial charge in [0.1, 0.15) is 0 Å². The normalized spacial score (nSPS) is 9.47. The summed E-state index contributed by atoms with van der Waals surface area (Å²) in [6.45, 7) is 0. The molecule has 1 N–H and O–H groups in total. The number of ether oxygens (including phenoxy) is 1. The van der Waals surface area contributed by atoms with Gasteiger partial charge >= 0.3 is 6.09 Å². The molecule has 1 amide bonds. The number of nitrogens with zero attached hydrogens (tertiary/aromatic N) is 1. The average Bonchev–Trinajstić information content (AvgIpc) is 2.20. The maximum Gasteiger partial charge on any atom is 0.412 e. The van der Waals surface area contributed by atoms with Crippen LogP contribution in [0.1, 0.15) is 0 Å². The zero-order valence-electron chi connectivity index (χ0n) is 7.69. The molecule has 1 aromatic rings. The minimum atomic E-state index is -0.689. The van der Waals surface area contributed by atoms with Crippen molar-refractivity contribution in [2.24, 2.45) is 0 Å². The summed E-state index contributed by atoms with van der Waals surface area (Å²) < 4.78 is 4.72. The standard InChI is InChI=1S/C8H7ClN2O4/c1-10-8(12)15-7-3-2-5(11(13)14)4-6(7)9/h2-4H,1H3,(H,10,12). The van der Waals surface area contributed by atoms with Gasteiger partial charge in [-0.05, 0) is 6.07 Å². The van der Waals surface area contributed by atoms with Crippen LogP contribution in [0, 0.1) is 10.1 Å². The highest BCUT2D eigenvalue weighted by Gasteiger charge is 2.12. The third-order valence-corrected chi connectivity index (χ3v) is 1.83. The molecule has 0 aliphatic carbocycles. The average molecular weight is 231 g/mol. The number of carbonyl (C=O) groups is 1. The maximum atomic E-state index is 10.8. The van der Waals surface area contributed by atoms with Crippen molar-refractivity contribution in [3.63, 3.8) is 0 Å². The van der Waals surface area contributed by atoms with Gasteiger partial charge in [0.2, 0.25) is 0 Å². The Bertz CT molecular complexity index is 408. The molecule has 80 valence electrons. The van der Waals surface area contributed by atoms with Gasteiger partial charge in [-0.3, -0.25) is 10.1 Å². The molecule has 0 saturated heterocycles. The number of benzene rings is 1. The van der Waals surface area contributed by atoms with Crippen molar-refractivity contribution < 1.29 is 14.5 Å². The fourth-order valence-corrected chi connectivity index (χ4v) is 1.05. The first-order valence-electron chi connectivity index (χ1n) is 3.88. The largest absolute Gasteiger partial charge is 0.412 e. The van der Waals surface area contributed by atoms with Gasteiger partial charge in [0.15, 0.2) is 5.75 Å². The second kappa shape index (κ2) is 4.61. The first kappa shape index (κ1) is 11.3. The Labute approximate surface area is 89.9 Å². The Morgan fingerprint density at radius 3 is 2.73 bits per heavy atom. The number of halogens is 1. The monoisotopic (exact) mass is 230 g/mol. The summed E-state index contributed by atoms with van der Waals surface area (Å²) in [4.78, 5) is 20.6. The predicted octanol–water partition coefficient (Wildman–Crippen LogP) is 1.97. The van der Waals surface area contributed by atoms with Crippen LogP contribution in [-0.2, 0) is 0 Å². The van der Waals surface area contributed by atoms with Crippen molar-refractivity contribution in [2.75, 3.05) is 7.05 Å². The predicted molar refractivity (Wildman–Crippen MR) is 53.2 cm³/mol. The van der Waals surface area contributed by atoms with E-state index in [1.165, 1.54) is 19.2 Å². The molecular weight excluding hydrogens is 224 g/mol. The minimum absolute atomic E-state index is 0.00722. The number of rotatable bonds is 2. The Morgan fingerprint density at radius 2 is 2.27 bits per heavy atom. The van der Waals surface area contributed by atoms with Gasteiger partial charge in [0.25, 0.3) is 5.69 Å².